The van der Waals surface area contributed by atoms with Gasteiger partial charge in [0.2, 0.25) is 17.5 Å². The van der Waals surface area contributed by atoms with E-state index in [0.29, 0.717) is 42.1 Å². The zero-order valence-corrected chi connectivity index (χ0v) is 14.6. The van der Waals surface area contributed by atoms with Gasteiger partial charge in [0.15, 0.2) is 6.61 Å². The van der Waals surface area contributed by atoms with Crippen molar-refractivity contribution in [3.8, 4) is 23.1 Å². The summed E-state index contributed by atoms with van der Waals surface area (Å²) in [5.41, 5.74) is 0. The van der Waals surface area contributed by atoms with Gasteiger partial charge in [0.1, 0.15) is 11.5 Å². The molecule has 1 aliphatic rings. The second-order valence-electron chi connectivity index (χ2n) is 5.99. The maximum atomic E-state index is 12.2. The van der Waals surface area contributed by atoms with E-state index < -0.39 is 0 Å². The molecule has 3 aromatic rings. The van der Waals surface area contributed by atoms with Gasteiger partial charge in [0.05, 0.1) is 13.0 Å². The molecule has 9 heteroatoms. The Hall–Kier alpha value is -3.49. The number of hydrogen-bond acceptors (Lipinski definition) is 8. The largest absolute Gasteiger partial charge is 0.497 e. The van der Waals surface area contributed by atoms with Gasteiger partial charge in [-0.05, 0) is 18.2 Å². The third-order valence-electron chi connectivity index (χ3n) is 4.19. The first-order valence-electron chi connectivity index (χ1n) is 8.38. The Morgan fingerprint density at radius 3 is 2.74 bits per heavy atom. The first kappa shape index (κ1) is 17.0. The van der Waals surface area contributed by atoms with Crippen molar-refractivity contribution in [3.05, 3.63) is 48.6 Å². The van der Waals surface area contributed by atoms with E-state index >= 15 is 0 Å². The topological polar surface area (TPSA) is 103 Å². The zero-order chi connectivity index (χ0) is 18.6. The van der Waals surface area contributed by atoms with Crippen molar-refractivity contribution in [2.75, 3.05) is 26.8 Å². The van der Waals surface area contributed by atoms with Crippen molar-refractivity contribution in [2.24, 2.45) is 0 Å². The van der Waals surface area contributed by atoms with Gasteiger partial charge in [-0.3, -0.25) is 4.79 Å². The zero-order valence-electron chi connectivity index (χ0n) is 14.6. The summed E-state index contributed by atoms with van der Waals surface area (Å²) in [5.74, 6) is 2.41. The van der Waals surface area contributed by atoms with E-state index in [-0.39, 0.29) is 18.4 Å². The summed E-state index contributed by atoms with van der Waals surface area (Å²) >= 11 is 0. The van der Waals surface area contributed by atoms with E-state index in [9.17, 15) is 4.79 Å². The Morgan fingerprint density at radius 2 is 1.96 bits per heavy atom. The molecule has 1 amide bonds. The molecular formula is C18H17N5O4. The second-order valence-corrected chi connectivity index (χ2v) is 5.99. The fraction of sp³-hybridized carbons (Fsp3) is 0.278. The highest BCUT2D eigenvalue weighted by atomic mass is 16.5. The van der Waals surface area contributed by atoms with Gasteiger partial charge in [-0.2, -0.15) is 4.98 Å². The summed E-state index contributed by atoms with van der Waals surface area (Å²) in [5, 5.41) is 3.90. The highest BCUT2D eigenvalue weighted by Crippen LogP contribution is 2.27. The summed E-state index contributed by atoms with van der Waals surface area (Å²) in [6, 6.07) is 8.85. The number of amides is 1. The van der Waals surface area contributed by atoms with Gasteiger partial charge in [0.25, 0.3) is 5.91 Å². The number of nitrogens with zero attached hydrogens (tertiary/aromatic N) is 5. The van der Waals surface area contributed by atoms with Gasteiger partial charge in [-0.1, -0.05) is 11.2 Å². The third-order valence-corrected chi connectivity index (χ3v) is 4.19. The normalized spacial score (nSPS) is 13.9. The molecule has 0 spiro atoms. The molecule has 1 aromatic carbocycles. The molecule has 27 heavy (non-hydrogen) atoms. The fourth-order valence-electron chi connectivity index (χ4n) is 2.67. The average molecular weight is 367 g/mol. The first-order chi connectivity index (χ1) is 13.2. The van der Waals surface area contributed by atoms with Crippen LogP contribution in [-0.4, -0.2) is 57.7 Å². The number of ether oxygens (including phenoxy) is 2. The van der Waals surface area contributed by atoms with Gasteiger partial charge in [0, 0.05) is 31.5 Å². The summed E-state index contributed by atoms with van der Waals surface area (Å²) in [6.07, 6.45) is 3.23. The van der Waals surface area contributed by atoms with Gasteiger partial charge < -0.3 is 18.9 Å². The van der Waals surface area contributed by atoms with E-state index in [2.05, 4.69) is 20.1 Å². The van der Waals surface area contributed by atoms with Crippen molar-refractivity contribution >= 4 is 5.91 Å². The van der Waals surface area contributed by atoms with E-state index in [1.807, 2.05) is 12.1 Å². The highest BCUT2D eigenvalue weighted by molar-refractivity contribution is 5.78. The number of benzene rings is 1. The van der Waals surface area contributed by atoms with Crippen LogP contribution in [0.4, 0.5) is 0 Å². The van der Waals surface area contributed by atoms with Crippen LogP contribution in [0, 0.1) is 0 Å². The summed E-state index contributed by atoms with van der Waals surface area (Å²) in [7, 11) is 1.58. The molecular weight excluding hydrogens is 350 g/mol. The maximum Gasteiger partial charge on any atom is 0.260 e. The predicted octanol–water partition coefficient (Wildman–Crippen LogP) is 1.54. The first-order valence-corrected chi connectivity index (χ1v) is 8.38. The molecule has 3 heterocycles. The molecule has 1 aliphatic heterocycles. The fourth-order valence-corrected chi connectivity index (χ4v) is 2.67. The number of methoxy groups -OCH3 is 1. The van der Waals surface area contributed by atoms with Crippen LogP contribution < -0.4 is 9.47 Å². The molecule has 0 saturated carbocycles. The molecule has 9 nitrogen and oxygen atoms in total. The van der Waals surface area contributed by atoms with E-state index in [1.165, 1.54) is 0 Å². The number of carbonyl (C=O) groups is 1. The molecule has 0 atom stereocenters. The lowest BCUT2D eigenvalue weighted by Crippen LogP contribution is -2.50. The Bertz CT molecular complexity index is 924. The Kier molecular flexibility index (Phi) is 4.65. The van der Waals surface area contributed by atoms with E-state index in [4.69, 9.17) is 14.0 Å². The van der Waals surface area contributed by atoms with E-state index in [1.54, 1.807) is 42.6 Å². The lowest BCUT2D eigenvalue weighted by atomic mass is 10.0. The molecule has 138 valence electrons. The molecule has 2 aromatic heterocycles. The molecule has 4 rings (SSSR count). The van der Waals surface area contributed by atoms with Crippen LogP contribution in [0.2, 0.25) is 0 Å². The molecule has 1 fully saturated rings. The number of carbonyl (C=O) groups excluding carboxylic acids is 1. The standard InChI is InChI=1S/C18H17N5O4/c1-25-13-4-2-5-14(8-13)26-11-15(24)23-9-12(10-23)18-21-17(22-27-18)16-19-6-3-7-20-16/h2-8,12H,9-11H2,1H3. The minimum absolute atomic E-state index is 0.00994. The third kappa shape index (κ3) is 3.71. The van der Waals surface area contributed by atoms with E-state index in [0.717, 1.165) is 0 Å². The predicted molar refractivity (Wildman–Crippen MR) is 93.1 cm³/mol. The molecule has 0 radical (unpaired) electrons. The van der Waals surface area contributed by atoms with Crippen molar-refractivity contribution < 1.29 is 18.8 Å². The average Bonchev–Trinajstić information content (AvgIpc) is 3.16. The van der Waals surface area contributed by atoms with Crippen molar-refractivity contribution in [1.82, 2.24) is 25.0 Å². The van der Waals surface area contributed by atoms with Crippen molar-refractivity contribution in [1.29, 1.82) is 0 Å². The monoisotopic (exact) mass is 367 g/mol. The van der Waals surface area contributed by atoms with Gasteiger partial charge >= 0.3 is 0 Å². The summed E-state index contributed by atoms with van der Waals surface area (Å²) in [4.78, 5) is 26.4. The quantitative estimate of drug-likeness (QED) is 0.646. The molecule has 1 saturated heterocycles. The molecule has 0 N–H and O–H groups in total. The Balaban J connectivity index is 1.29. The Morgan fingerprint density at radius 1 is 1.19 bits per heavy atom. The van der Waals surface area contributed by atoms with Crippen LogP contribution >= 0.6 is 0 Å². The lowest BCUT2D eigenvalue weighted by molar-refractivity contribution is -0.138. The van der Waals surface area contributed by atoms with Crippen LogP contribution in [0.5, 0.6) is 11.5 Å². The smallest absolute Gasteiger partial charge is 0.260 e. The van der Waals surface area contributed by atoms with Crippen LogP contribution in [0.3, 0.4) is 0 Å². The van der Waals surface area contributed by atoms with Crippen LogP contribution in [-0.2, 0) is 4.79 Å². The number of rotatable bonds is 6. The molecule has 0 unspecified atom stereocenters. The van der Waals surface area contributed by atoms with Crippen molar-refractivity contribution in [3.63, 3.8) is 0 Å². The van der Waals surface area contributed by atoms with Crippen LogP contribution in [0.15, 0.2) is 47.2 Å². The molecule has 0 aliphatic carbocycles. The Labute approximate surface area is 155 Å². The molecule has 0 bridgehead atoms. The highest BCUT2D eigenvalue weighted by Gasteiger charge is 2.35. The van der Waals surface area contributed by atoms with Crippen LogP contribution in [0.25, 0.3) is 11.6 Å². The summed E-state index contributed by atoms with van der Waals surface area (Å²) < 4.78 is 15.9. The minimum Gasteiger partial charge on any atom is -0.497 e. The maximum absolute atomic E-state index is 12.2. The SMILES string of the molecule is COc1cccc(OCC(=O)N2CC(c3nc(-c4ncccn4)no3)C2)c1. The van der Waals surface area contributed by atoms with Crippen LogP contribution in [0.1, 0.15) is 11.8 Å². The minimum atomic E-state index is -0.0970. The number of likely N-dealkylation sites (tertiary alicyclic amines) is 1. The summed E-state index contributed by atoms with van der Waals surface area (Å²) in [6.45, 7) is 0.988. The van der Waals surface area contributed by atoms with Crippen molar-refractivity contribution in [2.45, 2.75) is 5.92 Å². The van der Waals surface area contributed by atoms with Gasteiger partial charge in [-0.15, -0.1) is 0 Å². The lowest BCUT2D eigenvalue weighted by Gasteiger charge is -2.36. The second kappa shape index (κ2) is 7.40. The van der Waals surface area contributed by atoms with Gasteiger partial charge in [-0.25, -0.2) is 9.97 Å². The number of aromatic nitrogens is 4. The number of hydrogen-bond donors (Lipinski definition) is 0.